The van der Waals surface area contributed by atoms with E-state index in [1.54, 1.807) is 6.92 Å². The number of nitrogens with zero attached hydrogens (tertiary/aromatic N) is 1. The molecule has 0 aromatic heterocycles. The predicted octanol–water partition coefficient (Wildman–Crippen LogP) is 3.17. The molecule has 0 radical (unpaired) electrons. The molecule has 1 heterocycles. The van der Waals surface area contributed by atoms with Crippen LogP contribution in [0.3, 0.4) is 0 Å². The van der Waals surface area contributed by atoms with Gasteiger partial charge < -0.3 is 16.0 Å². The summed E-state index contributed by atoms with van der Waals surface area (Å²) in [7, 11) is 0. The highest BCUT2D eigenvalue weighted by atomic mass is 35.5. The van der Waals surface area contributed by atoms with Crippen molar-refractivity contribution in [1.29, 1.82) is 0 Å². The molecule has 0 spiro atoms. The largest absolute Gasteiger partial charge is 0.343 e. The van der Waals surface area contributed by atoms with Gasteiger partial charge in [-0.1, -0.05) is 51.4 Å². The number of carbonyl (C=O) groups is 2. The van der Waals surface area contributed by atoms with Crippen LogP contribution in [0.25, 0.3) is 0 Å². The second-order valence-electron chi connectivity index (χ2n) is 8.66. The van der Waals surface area contributed by atoms with Crippen molar-refractivity contribution in [1.82, 2.24) is 10.2 Å². The van der Waals surface area contributed by atoms with Crippen molar-refractivity contribution >= 4 is 23.4 Å². The summed E-state index contributed by atoms with van der Waals surface area (Å²) in [5.41, 5.74) is 6.83. The normalized spacial score (nSPS) is 21.6. The fourth-order valence-electron chi connectivity index (χ4n) is 3.85. The Morgan fingerprint density at radius 2 is 1.81 bits per heavy atom. The molecular formula is C21H32ClN3O2. The predicted molar refractivity (Wildman–Crippen MR) is 110 cm³/mol. The fraction of sp³-hybridized carbons (Fsp3) is 0.619. The molecule has 1 unspecified atom stereocenters. The van der Waals surface area contributed by atoms with Crippen LogP contribution < -0.4 is 11.1 Å². The number of carbonyl (C=O) groups excluding carboxylic acids is 2. The minimum atomic E-state index is -0.633. The van der Waals surface area contributed by atoms with E-state index in [2.05, 4.69) is 31.3 Å². The van der Waals surface area contributed by atoms with E-state index in [9.17, 15) is 9.59 Å². The van der Waals surface area contributed by atoms with Crippen molar-refractivity contribution in [2.75, 3.05) is 13.1 Å². The summed E-state index contributed by atoms with van der Waals surface area (Å²) < 4.78 is 0. The van der Waals surface area contributed by atoms with Crippen LogP contribution in [-0.2, 0) is 9.59 Å². The Hall–Kier alpha value is -1.59. The van der Waals surface area contributed by atoms with Crippen molar-refractivity contribution < 1.29 is 9.59 Å². The maximum atomic E-state index is 13.1. The number of amides is 2. The molecule has 2 amide bonds. The van der Waals surface area contributed by atoms with Crippen LogP contribution in [0.5, 0.6) is 0 Å². The summed E-state index contributed by atoms with van der Waals surface area (Å²) in [4.78, 5) is 27.0. The minimum absolute atomic E-state index is 0.00250. The number of hydrogen-bond acceptors (Lipinski definition) is 3. The van der Waals surface area contributed by atoms with Gasteiger partial charge in [-0.25, -0.2) is 0 Å². The molecule has 1 aromatic carbocycles. The fourth-order valence-corrected chi connectivity index (χ4v) is 3.98. The van der Waals surface area contributed by atoms with E-state index >= 15 is 0 Å². The van der Waals surface area contributed by atoms with Crippen LogP contribution in [0.2, 0.25) is 5.02 Å². The molecule has 2 rings (SSSR count). The number of hydrogen-bond donors (Lipinski definition) is 2. The topological polar surface area (TPSA) is 75.4 Å². The minimum Gasteiger partial charge on any atom is -0.343 e. The van der Waals surface area contributed by atoms with Gasteiger partial charge in [0.25, 0.3) is 0 Å². The summed E-state index contributed by atoms with van der Waals surface area (Å²) in [6.45, 7) is 11.2. The summed E-state index contributed by atoms with van der Waals surface area (Å²) in [6, 6.07) is 6.81. The Labute approximate surface area is 167 Å². The Bertz CT molecular complexity index is 671. The average Bonchev–Trinajstić information content (AvgIpc) is 2.58. The SMILES string of the molecule is CC(C)[C@@H](NC(=O)[C@@H](C)N)C(=O)N1CCC(c2ccc(Cl)cc2)C(C)(C)C1. The van der Waals surface area contributed by atoms with Crippen LogP contribution in [0.4, 0.5) is 0 Å². The Kier molecular flexibility index (Phi) is 6.92. The van der Waals surface area contributed by atoms with E-state index in [4.69, 9.17) is 17.3 Å². The quantitative estimate of drug-likeness (QED) is 0.806. The van der Waals surface area contributed by atoms with Crippen molar-refractivity contribution in [3.8, 4) is 0 Å². The van der Waals surface area contributed by atoms with Gasteiger partial charge in [-0.2, -0.15) is 0 Å². The van der Waals surface area contributed by atoms with Gasteiger partial charge in [0.15, 0.2) is 0 Å². The summed E-state index contributed by atoms with van der Waals surface area (Å²) in [5, 5.41) is 3.55. The third-order valence-corrected chi connectivity index (χ3v) is 5.71. The Morgan fingerprint density at radius 1 is 1.22 bits per heavy atom. The van der Waals surface area contributed by atoms with Crippen LogP contribution in [0.1, 0.15) is 52.5 Å². The van der Waals surface area contributed by atoms with Gasteiger partial charge in [0, 0.05) is 18.1 Å². The average molecular weight is 394 g/mol. The second kappa shape index (κ2) is 8.61. The number of nitrogens with two attached hydrogens (primary N) is 1. The molecule has 150 valence electrons. The Balaban J connectivity index is 2.13. The Morgan fingerprint density at radius 3 is 2.30 bits per heavy atom. The molecule has 1 saturated heterocycles. The molecule has 0 saturated carbocycles. The highest BCUT2D eigenvalue weighted by Crippen LogP contribution is 2.42. The maximum absolute atomic E-state index is 13.1. The highest BCUT2D eigenvalue weighted by Gasteiger charge is 2.40. The zero-order chi connectivity index (χ0) is 20.4. The molecule has 5 nitrogen and oxygen atoms in total. The molecule has 1 aromatic rings. The molecule has 6 heteroatoms. The number of likely N-dealkylation sites (tertiary alicyclic amines) is 1. The first-order valence-corrected chi connectivity index (χ1v) is 10.0. The van der Waals surface area contributed by atoms with E-state index in [1.807, 2.05) is 30.9 Å². The molecule has 3 N–H and O–H groups in total. The number of nitrogens with one attached hydrogen (secondary N) is 1. The molecule has 1 fully saturated rings. The first kappa shape index (κ1) is 21.7. The molecule has 1 aliphatic heterocycles. The summed E-state index contributed by atoms with van der Waals surface area (Å²) in [6.07, 6.45) is 0.881. The van der Waals surface area contributed by atoms with Gasteiger partial charge in [0.05, 0.1) is 6.04 Å². The molecule has 1 aliphatic rings. The van der Waals surface area contributed by atoms with Gasteiger partial charge >= 0.3 is 0 Å². The van der Waals surface area contributed by atoms with Crippen LogP contribution >= 0.6 is 11.6 Å². The monoisotopic (exact) mass is 393 g/mol. The van der Waals surface area contributed by atoms with E-state index in [-0.39, 0.29) is 23.1 Å². The number of benzene rings is 1. The van der Waals surface area contributed by atoms with E-state index in [0.717, 1.165) is 11.4 Å². The molecule has 27 heavy (non-hydrogen) atoms. The zero-order valence-corrected chi connectivity index (χ0v) is 17.7. The molecular weight excluding hydrogens is 362 g/mol. The molecule has 0 aliphatic carbocycles. The standard InChI is InChI=1S/C21H32ClN3O2/c1-13(2)18(24-19(26)14(3)23)20(27)25-11-10-17(21(4,5)12-25)15-6-8-16(22)9-7-15/h6-9,13-14,17-18H,10-12,23H2,1-5H3,(H,24,26)/t14-,17?,18-/m1/s1. The number of halogens is 1. The van der Waals surface area contributed by atoms with Crippen LogP contribution in [0.15, 0.2) is 24.3 Å². The molecule has 3 atom stereocenters. The second-order valence-corrected chi connectivity index (χ2v) is 9.10. The third kappa shape index (κ3) is 5.23. The zero-order valence-electron chi connectivity index (χ0n) is 17.0. The van der Waals surface area contributed by atoms with Crippen LogP contribution in [0, 0.1) is 11.3 Å². The van der Waals surface area contributed by atoms with E-state index < -0.39 is 12.1 Å². The lowest BCUT2D eigenvalue weighted by Crippen LogP contribution is -2.57. The lowest BCUT2D eigenvalue weighted by atomic mass is 9.70. The van der Waals surface area contributed by atoms with Crippen molar-refractivity contribution in [2.45, 2.75) is 59.0 Å². The first-order chi connectivity index (χ1) is 12.5. The summed E-state index contributed by atoms with van der Waals surface area (Å²) >= 11 is 6.02. The van der Waals surface area contributed by atoms with Crippen molar-refractivity contribution in [2.24, 2.45) is 17.1 Å². The third-order valence-electron chi connectivity index (χ3n) is 5.46. The van der Waals surface area contributed by atoms with Crippen molar-refractivity contribution in [3.63, 3.8) is 0 Å². The van der Waals surface area contributed by atoms with Gasteiger partial charge in [-0.05, 0) is 48.3 Å². The van der Waals surface area contributed by atoms with Gasteiger partial charge in [-0.15, -0.1) is 0 Å². The summed E-state index contributed by atoms with van der Waals surface area (Å²) in [5.74, 6) is 0.0336. The lowest BCUT2D eigenvalue weighted by Gasteiger charge is -2.45. The van der Waals surface area contributed by atoms with Gasteiger partial charge in [0.2, 0.25) is 11.8 Å². The maximum Gasteiger partial charge on any atom is 0.245 e. The first-order valence-electron chi connectivity index (χ1n) is 9.63. The van der Waals surface area contributed by atoms with E-state index in [0.29, 0.717) is 19.0 Å². The highest BCUT2D eigenvalue weighted by molar-refractivity contribution is 6.30. The number of rotatable bonds is 5. The number of piperidine rings is 1. The van der Waals surface area contributed by atoms with Crippen molar-refractivity contribution in [3.05, 3.63) is 34.9 Å². The molecule has 0 bridgehead atoms. The van der Waals surface area contributed by atoms with E-state index in [1.165, 1.54) is 5.56 Å². The van der Waals surface area contributed by atoms with Gasteiger partial charge in [0.1, 0.15) is 6.04 Å². The van der Waals surface area contributed by atoms with Gasteiger partial charge in [-0.3, -0.25) is 9.59 Å². The smallest absolute Gasteiger partial charge is 0.245 e. The van der Waals surface area contributed by atoms with Crippen LogP contribution in [-0.4, -0.2) is 41.9 Å². The lowest BCUT2D eigenvalue weighted by molar-refractivity contribution is -0.140.